The second-order valence-corrected chi connectivity index (χ2v) is 12.5. The molecule has 10 heteroatoms. The number of anilines is 2. The van der Waals surface area contributed by atoms with E-state index in [0.29, 0.717) is 19.4 Å². The van der Waals surface area contributed by atoms with Crippen LogP contribution in [0.2, 0.25) is 0 Å². The Morgan fingerprint density at radius 3 is 2.86 bits per heavy atom. The minimum atomic E-state index is -0.625. The number of hydrogen-bond acceptors (Lipinski definition) is 8. The van der Waals surface area contributed by atoms with Gasteiger partial charge in [-0.25, -0.2) is 4.98 Å². The molecule has 1 saturated carbocycles. The average molecular weight is 531 g/mol. The van der Waals surface area contributed by atoms with E-state index < -0.39 is 11.5 Å². The molecule has 2 fully saturated rings. The van der Waals surface area contributed by atoms with Crippen molar-refractivity contribution in [2.24, 2.45) is 16.7 Å². The van der Waals surface area contributed by atoms with Crippen molar-refractivity contribution in [3.05, 3.63) is 35.1 Å². The normalized spacial score (nSPS) is 31.8. The fourth-order valence-corrected chi connectivity index (χ4v) is 7.89. The number of fused-ring (bicyclic) bond motifs is 2. The van der Waals surface area contributed by atoms with Gasteiger partial charge in [0, 0.05) is 28.8 Å². The molecule has 0 unspecified atom stereocenters. The van der Waals surface area contributed by atoms with E-state index in [4.69, 9.17) is 9.72 Å². The maximum absolute atomic E-state index is 13.3. The zero-order valence-corrected chi connectivity index (χ0v) is 22.6. The predicted octanol–water partition coefficient (Wildman–Crippen LogP) is 1.12. The van der Waals surface area contributed by atoms with Crippen LogP contribution in [0.5, 0.6) is 0 Å². The van der Waals surface area contributed by atoms with Crippen molar-refractivity contribution >= 4 is 28.1 Å². The maximum Gasteiger partial charge on any atom is 0.220 e. The first kappa shape index (κ1) is 26.5. The molecule has 1 saturated heterocycles. The molecule has 1 amide bonds. The topological polar surface area (TPSA) is 121 Å². The van der Waals surface area contributed by atoms with Crippen molar-refractivity contribution in [3.8, 4) is 0 Å². The van der Waals surface area contributed by atoms with Gasteiger partial charge in [-0.05, 0) is 42.7 Å². The zero-order valence-electron chi connectivity index (χ0n) is 21.8. The third-order valence-electron chi connectivity index (χ3n) is 9.20. The smallest absolute Gasteiger partial charge is 0.220 e. The Bertz CT molecular complexity index is 1080. The third kappa shape index (κ3) is 5.27. The van der Waals surface area contributed by atoms with E-state index in [9.17, 15) is 15.0 Å². The van der Waals surface area contributed by atoms with Crippen molar-refractivity contribution in [2.75, 3.05) is 51.3 Å². The van der Waals surface area contributed by atoms with Crippen LogP contribution in [0.3, 0.4) is 0 Å². The third-order valence-corrected chi connectivity index (χ3v) is 10.2. The lowest BCUT2D eigenvalue weighted by Gasteiger charge is -2.58. The average Bonchev–Trinajstić information content (AvgIpc) is 3.31. The first-order chi connectivity index (χ1) is 17.8. The molecule has 0 radical (unpaired) electrons. The molecule has 0 bridgehead atoms. The number of quaternary nitrogens is 1. The molecule has 2 aromatic rings. The van der Waals surface area contributed by atoms with Crippen LogP contribution in [0, 0.1) is 16.7 Å². The zero-order chi connectivity index (χ0) is 26.0. The lowest BCUT2D eigenvalue weighted by Crippen LogP contribution is -3.14. The summed E-state index contributed by atoms with van der Waals surface area (Å²) < 4.78 is 5.44. The summed E-state index contributed by atoms with van der Waals surface area (Å²) in [5, 5.41) is 28.7. The van der Waals surface area contributed by atoms with Gasteiger partial charge in [0.2, 0.25) is 5.91 Å². The number of aliphatic hydroxyl groups is 2. The van der Waals surface area contributed by atoms with Gasteiger partial charge < -0.3 is 30.5 Å². The van der Waals surface area contributed by atoms with E-state index in [1.807, 2.05) is 19.1 Å². The number of pyridine rings is 1. The molecule has 3 heterocycles. The second kappa shape index (κ2) is 10.9. The number of amides is 1. The van der Waals surface area contributed by atoms with Crippen molar-refractivity contribution in [1.29, 1.82) is 0 Å². The number of rotatable bonds is 8. The SMILES string of the molecule is C[C@]1(CO)[C@H]2Cc3sc(Nc4cccnc4)nc3[C@@H](CC(=O)NCC[NH+]3CCOCC3)[C@]2(C)CC[C@H]1O. The molecular formula is C27H40N5O4S+. The van der Waals surface area contributed by atoms with E-state index in [0.717, 1.165) is 67.1 Å². The lowest BCUT2D eigenvalue weighted by atomic mass is 9.47. The molecule has 1 aliphatic heterocycles. The Balaban J connectivity index is 1.39. The fraction of sp³-hybridized carbons (Fsp3) is 0.667. The molecule has 9 nitrogen and oxygen atoms in total. The highest BCUT2D eigenvalue weighted by molar-refractivity contribution is 7.15. The van der Waals surface area contributed by atoms with Gasteiger partial charge >= 0.3 is 0 Å². The van der Waals surface area contributed by atoms with Crippen molar-refractivity contribution < 1.29 is 24.6 Å². The van der Waals surface area contributed by atoms with Gasteiger partial charge in [0.15, 0.2) is 5.13 Å². The van der Waals surface area contributed by atoms with E-state index >= 15 is 0 Å². The summed E-state index contributed by atoms with van der Waals surface area (Å²) in [6.07, 6.45) is 5.44. The van der Waals surface area contributed by atoms with Crippen LogP contribution in [0.1, 0.15) is 49.6 Å². The summed E-state index contributed by atoms with van der Waals surface area (Å²) >= 11 is 1.60. The van der Waals surface area contributed by atoms with Crippen LogP contribution in [0.25, 0.3) is 0 Å². The Morgan fingerprint density at radius 2 is 2.14 bits per heavy atom. The summed E-state index contributed by atoms with van der Waals surface area (Å²) in [5.74, 6) is -0.00308. The van der Waals surface area contributed by atoms with E-state index in [1.54, 1.807) is 23.7 Å². The number of aliphatic hydroxyl groups excluding tert-OH is 2. The van der Waals surface area contributed by atoms with E-state index in [-0.39, 0.29) is 29.8 Å². The number of carbonyl (C=O) groups excluding carboxylic acids is 1. The Kier molecular flexibility index (Phi) is 7.83. The number of ether oxygens (including phenoxy) is 1. The van der Waals surface area contributed by atoms with Crippen LogP contribution in [-0.2, 0) is 16.0 Å². The predicted molar refractivity (Wildman–Crippen MR) is 142 cm³/mol. The Morgan fingerprint density at radius 1 is 1.32 bits per heavy atom. The largest absolute Gasteiger partial charge is 0.396 e. The minimum absolute atomic E-state index is 0.0390. The van der Waals surface area contributed by atoms with Crippen molar-refractivity contribution in [3.63, 3.8) is 0 Å². The van der Waals surface area contributed by atoms with E-state index in [1.165, 1.54) is 4.90 Å². The first-order valence-corrected chi connectivity index (χ1v) is 14.3. The highest BCUT2D eigenvalue weighted by Crippen LogP contribution is 2.62. The fourth-order valence-electron chi connectivity index (χ4n) is 6.81. The van der Waals surface area contributed by atoms with Gasteiger partial charge in [0.1, 0.15) is 13.1 Å². The number of aromatic nitrogens is 2. The summed E-state index contributed by atoms with van der Waals surface area (Å²) in [6.45, 7) is 9.23. The molecule has 2 aliphatic carbocycles. The first-order valence-electron chi connectivity index (χ1n) is 13.5. The van der Waals surface area contributed by atoms with Crippen LogP contribution < -0.4 is 15.5 Å². The molecule has 5 rings (SSSR count). The molecule has 37 heavy (non-hydrogen) atoms. The number of carbonyl (C=O) groups is 1. The summed E-state index contributed by atoms with van der Waals surface area (Å²) in [4.78, 5) is 25.1. The summed E-state index contributed by atoms with van der Waals surface area (Å²) in [5.41, 5.74) is 0.976. The number of nitrogens with one attached hydrogen (secondary N) is 3. The van der Waals surface area contributed by atoms with Gasteiger partial charge in [-0.1, -0.05) is 13.8 Å². The van der Waals surface area contributed by atoms with Crippen LogP contribution in [0.15, 0.2) is 24.5 Å². The quantitative estimate of drug-likeness (QED) is 0.347. The van der Waals surface area contributed by atoms with Crippen molar-refractivity contribution in [1.82, 2.24) is 15.3 Å². The van der Waals surface area contributed by atoms with Crippen molar-refractivity contribution in [2.45, 2.75) is 51.6 Å². The Labute approximate surface area is 222 Å². The highest BCUT2D eigenvalue weighted by atomic mass is 32.1. The van der Waals surface area contributed by atoms with E-state index in [2.05, 4.69) is 22.5 Å². The molecule has 3 aliphatic rings. The van der Waals surface area contributed by atoms with Crippen LogP contribution in [-0.4, -0.2) is 78.2 Å². The van der Waals surface area contributed by atoms with Gasteiger partial charge in [-0.2, -0.15) is 0 Å². The Hall–Kier alpha value is -2.11. The number of thiazole rings is 1. The molecule has 5 N–H and O–H groups in total. The van der Waals surface area contributed by atoms with Gasteiger partial charge in [-0.15, -0.1) is 11.3 Å². The second-order valence-electron chi connectivity index (χ2n) is 11.4. The standard InChI is InChI=1S/C27H39N5O4S/c1-26-6-5-22(34)27(2,17-33)21(26)15-20-24(31-25(37-20)30-18-4-3-7-28-16-18)19(26)14-23(35)29-8-9-32-10-12-36-13-11-32/h3-4,7,16,19,21-22,33-34H,5-6,8-15,17H2,1-2H3,(H,29,35)(H,30,31)/p+1/t19-,21+,22-,26+,27+/m1/s1. The lowest BCUT2D eigenvalue weighted by molar-refractivity contribution is -0.906. The number of hydrogen-bond donors (Lipinski definition) is 5. The van der Waals surface area contributed by atoms with Gasteiger partial charge in [-0.3, -0.25) is 9.78 Å². The summed E-state index contributed by atoms with van der Waals surface area (Å²) in [7, 11) is 0. The van der Waals surface area contributed by atoms with Gasteiger partial charge in [0.05, 0.1) is 56.6 Å². The minimum Gasteiger partial charge on any atom is -0.396 e. The molecule has 0 aromatic carbocycles. The molecular weight excluding hydrogens is 490 g/mol. The van der Waals surface area contributed by atoms with Crippen LogP contribution >= 0.6 is 11.3 Å². The number of nitrogens with zero attached hydrogens (tertiary/aromatic N) is 2. The molecule has 0 spiro atoms. The molecule has 202 valence electrons. The molecule has 2 aromatic heterocycles. The summed E-state index contributed by atoms with van der Waals surface area (Å²) in [6, 6.07) is 3.83. The monoisotopic (exact) mass is 530 g/mol. The highest BCUT2D eigenvalue weighted by Gasteiger charge is 2.59. The number of morpholine rings is 1. The maximum atomic E-state index is 13.3. The molecule has 5 atom stereocenters. The van der Waals surface area contributed by atoms with Gasteiger partial charge in [0.25, 0.3) is 0 Å². The van der Waals surface area contributed by atoms with Crippen LogP contribution in [0.4, 0.5) is 10.8 Å².